The Hall–Kier alpha value is -2.38. The summed E-state index contributed by atoms with van der Waals surface area (Å²) in [5.74, 6) is -1.16. The number of aromatic carboxylic acids is 1. The number of halogens is 1. The number of sulfone groups is 1. The van der Waals surface area contributed by atoms with E-state index in [1.54, 1.807) is 6.07 Å². The maximum absolute atomic E-state index is 11.8. The third-order valence-electron chi connectivity index (χ3n) is 3.98. The SMILES string of the molecule is Cc1cc(Cl)ccc1Cn1nc(C(=O)O)c2ccc(S(C)(=O)=O)cc21. The highest BCUT2D eigenvalue weighted by atomic mass is 35.5. The first-order valence-electron chi connectivity index (χ1n) is 7.36. The number of aromatic nitrogens is 2. The van der Waals surface area contributed by atoms with E-state index in [0.717, 1.165) is 17.4 Å². The predicted octanol–water partition coefficient (Wildman–Crippen LogP) is 3.15. The van der Waals surface area contributed by atoms with Gasteiger partial charge in [0.25, 0.3) is 0 Å². The topological polar surface area (TPSA) is 89.3 Å². The van der Waals surface area contributed by atoms with Crippen molar-refractivity contribution in [2.45, 2.75) is 18.4 Å². The molecule has 0 aliphatic heterocycles. The van der Waals surface area contributed by atoms with Crippen molar-refractivity contribution in [2.75, 3.05) is 6.26 Å². The summed E-state index contributed by atoms with van der Waals surface area (Å²) in [6, 6.07) is 9.72. The van der Waals surface area contributed by atoms with Crippen molar-refractivity contribution in [3.05, 3.63) is 58.2 Å². The van der Waals surface area contributed by atoms with Gasteiger partial charge < -0.3 is 5.11 Å². The van der Waals surface area contributed by atoms with Crippen LogP contribution >= 0.6 is 11.6 Å². The van der Waals surface area contributed by atoms with Crippen LogP contribution in [0.25, 0.3) is 10.9 Å². The second kappa shape index (κ2) is 6.16. The first-order valence-corrected chi connectivity index (χ1v) is 9.62. The minimum atomic E-state index is -3.41. The summed E-state index contributed by atoms with van der Waals surface area (Å²) in [6.07, 6.45) is 1.11. The van der Waals surface area contributed by atoms with Crippen molar-refractivity contribution in [2.24, 2.45) is 0 Å². The number of hydrogen-bond acceptors (Lipinski definition) is 4. The highest BCUT2D eigenvalue weighted by molar-refractivity contribution is 7.90. The molecule has 0 bridgehead atoms. The van der Waals surface area contributed by atoms with Gasteiger partial charge in [-0.05, 0) is 48.4 Å². The van der Waals surface area contributed by atoms with E-state index in [0.29, 0.717) is 22.5 Å². The largest absolute Gasteiger partial charge is 0.476 e. The number of carbonyl (C=O) groups is 1. The second-order valence-electron chi connectivity index (χ2n) is 5.83. The lowest BCUT2D eigenvalue weighted by Gasteiger charge is -2.08. The molecule has 6 nitrogen and oxygen atoms in total. The molecule has 0 spiro atoms. The van der Waals surface area contributed by atoms with Gasteiger partial charge in [0, 0.05) is 16.7 Å². The maximum atomic E-state index is 11.8. The number of carboxylic acids is 1. The number of benzene rings is 2. The van der Waals surface area contributed by atoms with Crippen LogP contribution in [0.3, 0.4) is 0 Å². The zero-order chi connectivity index (χ0) is 18.4. The highest BCUT2D eigenvalue weighted by Crippen LogP contribution is 2.24. The van der Waals surface area contributed by atoms with Crippen molar-refractivity contribution < 1.29 is 18.3 Å². The number of fused-ring (bicyclic) bond motifs is 1. The number of carboxylic acid groups (broad SMARTS) is 1. The van der Waals surface area contributed by atoms with Gasteiger partial charge in [-0.25, -0.2) is 13.2 Å². The summed E-state index contributed by atoms with van der Waals surface area (Å²) in [5.41, 5.74) is 2.19. The van der Waals surface area contributed by atoms with E-state index in [9.17, 15) is 18.3 Å². The zero-order valence-electron chi connectivity index (χ0n) is 13.5. The van der Waals surface area contributed by atoms with E-state index in [4.69, 9.17) is 11.6 Å². The van der Waals surface area contributed by atoms with Crippen LogP contribution in [0.2, 0.25) is 5.02 Å². The van der Waals surface area contributed by atoms with Crippen molar-refractivity contribution >= 4 is 38.3 Å². The van der Waals surface area contributed by atoms with E-state index >= 15 is 0 Å². The quantitative estimate of drug-likeness (QED) is 0.753. The van der Waals surface area contributed by atoms with Gasteiger partial charge in [0.15, 0.2) is 15.5 Å². The van der Waals surface area contributed by atoms with Crippen LogP contribution in [0.1, 0.15) is 21.6 Å². The monoisotopic (exact) mass is 378 g/mol. The minimum Gasteiger partial charge on any atom is -0.476 e. The Kier molecular flexibility index (Phi) is 4.30. The Morgan fingerprint density at radius 1 is 1.24 bits per heavy atom. The number of aryl methyl sites for hydroxylation is 1. The summed E-state index contributed by atoms with van der Waals surface area (Å²) < 4.78 is 25.1. The van der Waals surface area contributed by atoms with Crippen LogP contribution in [0.15, 0.2) is 41.3 Å². The minimum absolute atomic E-state index is 0.110. The number of hydrogen-bond donors (Lipinski definition) is 1. The van der Waals surface area contributed by atoms with Crippen LogP contribution in [-0.2, 0) is 16.4 Å². The molecule has 0 aliphatic carbocycles. The fraction of sp³-hybridized carbons (Fsp3) is 0.176. The zero-order valence-corrected chi connectivity index (χ0v) is 15.1. The molecule has 2 aromatic carbocycles. The lowest BCUT2D eigenvalue weighted by molar-refractivity contribution is 0.0691. The average molecular weight is 379 g/mol. The molecule has 25 heavy (non-hydrogen) atoms. The van der Waals surface area contributed by atoms with Crippen molar-refractivity contribution in [1.82, 2.24) is 9.78 Å². The Bertz CT molecular complexity index is 1100. The molecule has 0 saturated heterocycles. The predicted molar refractivity (Wildman–Crippen MR) is 95.1 cm³/mol. The van der Waals surface area contributed by atoms with Gasteiger partial charge in [-0.1, -0.05) is 17.7 Å². The van der Waals surface area contributed by atoms with Crippen LogP contribution in [0, 0.1) is 6.92 Å². The van der Waals surface area contributed by atoms with Gasteiger partial charge in [-0.3, -0.25) is 4.68 Å². The fourth-order valence-corrected chi connectivity index (χ4v) is 3.53. The molecular formula is C17H15ClN2O4S. The normalized spacial score (nSPS) is 11.8. The highest BCUT2D eigenvalue weighted by Gasteiger charge is 2.19. The molecule has 0 saturated carbocycles. The second-order valence-corrected chi connectivity index (χ2v) is 8.29. The molecule has 0 fully saturated rings. The van der Waals surface area contributed by atoms with Gasteiger partial charge in [-0.2, -0.15) is 5.10 Å². The molecule has 8 heteroatoms. The molecule has 0 unspecified atom stereocenters. The molecule has 0 atom stereocenters. The van der Waals surface area contributed by atoms with Crippen LogP contribution < -0.4 is 0 Å². The van der Waals surface area contributed by atoms with Crippen LogP contribution in [0.4, 0.5) is 0 Å². The summed E-state index contributed by atoms with van der Waals surface area (Å²) in [5, 5.41) is 14.5. The Morgan fingerprint density at radius 3 is 2.56 bits per heavy atom. The smallest absolute Gasteiger partial charge is 0.357 e. The molecule has 3 aromatic rings. The fourth-order valence-electron chi connectivity index (χ4n) is 2.66. The van der Waals surface area contributed by atoms with Gasteiger partial charge >= 0.3 is 5.97 Å². The Labute approximate surface area is 149 Å². The van der Waals surface area contributed by atoms with Crippen molar-refractivity contribution in [1.29, 1.82) is 0 Å². The van der Waals surface area contributed by atoms with Gasteiger partial charge in [0.05, 0.1) is 17.0 Å². The maximum Gasteiger partial charge on any atom is 0.357 e. The first kappa shape index (κ1) is 17.4. The first-order chi connectivity index (χ1) is 11.7. The molecular weight excluding hydrogens is 364 g/mol. The Balaban J connectivity index is 2.20. The lowest BCUT2D eigenvalue weighted by Crippen LogP contribution is -2.06. The van der Waals surface area contributed by atoms with Crippen LogP contribution in [-0.4, -0.2) is 35.5 Å². The molecule has 3 rings (SSSR count). The van der Waals surface area contributed by atoms with E-state index in [1.807, 2.05) is 19.1 Å². The summed E-state index contributed by atoms with van der Waals surface area (Å²) in [4.78, 5) is 11.6. The number of nitrogens with zero attached hydrogens (tertiary/aromatic N) is 2. The molecule has 0 radical (unpaired) electrons. The van der Waals surface area contributed by atoms with Crippen molar-refractivity contribution in [3.8, 4) is 0 Å². The molecule has 1 aromatic heterocycles. The van der Waals surface area contributed by atoms with Gasteiger partial charge in [-0.15, -0.1) is 0 Å². The molecule has 1 N–H and O–H groups in total. The third kappa shape index (κ3) is 3.38. The molecule has 130 valence electrons. The number of rotatable bonds is 4. The van der Waals surface area contributed by atoms with E-state index in [2.05, 4.69) is 5.10 Å². The molecule has 1 heterocycles. The van der Waals surface area contributed by atoms with Gasteiger partial charge in [0.1, 0.15) is 0 Å². The average Bonchev–Trinajstić information content (AvgIpc) is 2.87. The van der Waals surface area contributed by atoms with E-state index in [1.165, 1.54) is 22.9 Å². The standard InChI is InChI=1S/C17H15ClN2O4S/c1-10-7-12(18)4-3-11(10)9-20-15-8-13(25(2,23)24)5-6-14(15)16(19-20)17(21)22/h3-8H,9H2,1-2H3,(H,21,22). The summed E-state index contributed by atoms with van der Waals surface area (Å²) in [6.45, 7) is 2.20. The van der Waals surface area contributed by atoms with Crippen molar-refractivity contribution in [3.63, 3.8) is 0 Å². The van der Waals surface area contributed by atoms with Gasteiger partial charge in [0.2, 0.25) is 0 Å². The molecule has 0 amide bonds. The lowest BCUT2D eigenvalue weighted by atomic mass is 10.1. The Morgan fingerprint density at radius 2 is 1.96 bits per heavy atom. The van der Waals surface area contributed by atoms with E-state index in [-0.39, 0.29) is 10.6 Å². The summed E-state index contributed by atoms with van der Waals surface area (Å²) in [7, 11) is -3.41. The molecule has 0 aliphatic rings. The van der Waals surface area contributed by atoms with E-state index < -0.39 is 15.8 Å². The van der Waals surface area contributed by atoms with Crippen LogP contribution in [0.5, 0.6) is 0 Å². The summed E-state index contributed by atoms with van der Waals surface area (Å²) >= 11 is 5.96. The third-order valence-corrected chi connectivity index (χ3v) is 5.32.